The minimum Gasteiger partial charge on any atom is -0.344 e. The molecule has 0 aromatic rings. The second-order valence-electron chi connectivity index (χ2n) is 0.513. The van der Waals surface area contributed by atoms with Crippen molar-refractivity contribution in [3.8, 4) is 0 Å². The number of rotatable bonds is 0. The third kappa shape index (κ3) is 118. The fourth-order valence-corrected chi connectivity index (χ4v) is 0. The zero-order valence-corrected chi connectivity index (χ0v) is 6.71. The molecule has 0 unspecified atom stereocenters. The standard InChI is InChI=1S/Ca.H3N.H3O4P/c;;1-5(2,3)4/h;1H3;(H3,1,2,3,4). The normalized spacial score (nSPS) is 8.43. The average molecular weight is 155 g/mol. The third-order valence-electron chi connectivity index (χ3n) is 0. The first-order valence-electron chi connectivity index (χ1n) is 0.783. The topological polar surface area (TPSA) is 113 Å². The molecule has 0 aliphatic carbocycles. The Bertz CT molecular complexity index is 57.8. The van der Waals surface area contributed by atoms with Gasteiger partial charge in [-0.15, -0.1) is 0 Å². The van der Waals surface area contributed by atoms with E-state index in [2.05, 4.69) is 0 Å². The van der Waals surface area contributed by atoms with Crippen molar-refractivity contribution in [3.63, 3.8) is 0 Å². The summed E-state index contributed by atoms with van der Waals surface area (Å²) in [6, 6.07) is 0. The molecule has 0 aliphatic heterocycles. The molecule has 7 heavy (non-hydrogen) atoms. The smallest absolute Gasteiger partial charge is 0.344 e. The fraction of sp³-hybridized carbons (Fsp3) is 0. The van der Waals surface area contributed by atoms with Gasteiger partial charge < -0.3 is 20.8 Å². The molecular weight excluding hydrogens is 149 g/mol. The van der Waals surface area contributed by atoms with Gasteiger partial charge in [-0.05, 0) is 0 Å². The van der Waals surface area contributed by atoms with Gasteiger partial charge in [-0.25, -0.2) is 4.57 Å². The predicted octanol–water partition coefficient (Wildman–Crippen LogP) is -1.15. The molecule has 0 saturated carbocycles. The van der Waals surface area contributed by atoms with Crippen LogP contribution in [0.25, 0.3) is 0 Å². The molecule has 2 radical (unpaired) electrons. The number of phosphoric acid groups is 1. The number of hydrogen-bond donors (Lipinski definition) is 4. The van der Waals surface area contributed by atoms with Crippen LogP contribution in [0.3, 0.4) is 0 Å². The Morgan fingerprint density at radius 2 is 1.14 bits per heavy atom. The summed E-state index contributed by atoms with van der Waals surface area (Å²) in [5.41, 5.74) is 0. The van der Waals surface area contributed by atoms with Gasteiger partial charge in [0, 0.05) is 37.7 Å². The van der Waals surface area contributed by atoms with E-state index < -0.39 is 7.82 Å². The van der Waals surface area contributed by atoms with Crippen molar-refractivity contribution in [3.05, 3.63) is 0 Å². The minimum absolute atomic E-state index is 0. The first kappa shape index (κ1) is 15.8. The summed E-state index contributed by atoms with van der Waals surface area (Å²) in [5, 5.41) is 0. The Balaban J connectivity index is -0.0000000800. The second-order valence-corrected chi connectivity index (χ2v) is 1.54. The van der Waals surface area contributed by atoms with E-state index in [0.29, 0.717) is 0 Å². The zero-order valence-electron chi connectivity index (χ0n) is 3.61. The molecule has 0 aromatic heterocycles. The maximum Gasteiger partial charge on any atom is 0.466 e. The molecule has 0 heterocycles. The summed E-state index contributed by atoms with van der Waals surface area (Å²) in [5.74, 6) is 0. The van der Waals surface area contributed by atoms with Gasteiger partial charge >= 0.3 is 7.82 Å². The Kier molecular flexibility index (Phi) is 12.3. The Morgan fingerprint density at radius 1 is 1.14 bits per heavy atom. The number of hydrogen-bond acceptors (Lipinski definition) is 2. The molecule has 0 spiro atoms. The average Bonchev–Trinajstić information content (AvgIpc) is 0.722. The summed E-state index contributed by atoms with van der Waals surface area (Å²) in [6.45, 7) is 0. The molecule has 0 aliphatic rings. The van der Waals surface area contributed by atoms with E-state index in [-0.39, 0.29) is 43.9 Å². The van der Waals surface area contributed by atoms with Gasteiger partial charge in [-0.3, -0.25) is 0 Å². The van der Waals surface area contributed by atoms with Gasteiger partial charge in [0.2, 0.25) is 0 Å². The van der Waals surface area contributed by atoms with Gasteiger partial charge in [0.15, 0.2) is 0 Å². The van der Waals surface area contributed by atoms with Crippen molar-refractivity contribution >= 4 is 45.6 Å². The van der Waals surface area contributed by atoms with E-state index in [0.717, 1.165) is 0 Å². The maximum atomic E-state index is 8.88. The van der Waals surface area contributed by atoms with Crippen LogP contribution in [0.2, 0.25) is 0 Å². The molecule has 42 valence electrons. The van der Waals surface area contributed by atoms with Crippen LogP contribution in [-0.4, -0.2) is 52.4 Å². The van der Waals surface area contributed by atoms with Crippen LogP contribution < -0.4 is 6.15 Å². The first-order valence-corrected chi connectivity index (χ1v) is 2.35. The van der Waals surface area contributed by atoms with Gasteiger partial charge in [-0.2, -0.15) is 0 Å². The van der Waals surface area contributed by atoms with E-state index in [1.807, 2.05) is 0 Å². The van der Waals surface area contributed by atoms with Crippen molar-refractivity contribution in [1.29, 1.82) is 0 Å². The largest absolute Gasteiger partial charge is 0.466 e. The molecular formula is H6CaNO4P. The molecule has 5 nitrogen and oxygen atoms in total. The molecule has 7 heteroatoms. The summed E-state index contributed by atoms with van der Waals surface area (Å²) >= 11 is 0. The van der Waals surface area contributed by atoms with Gasteiger partial charge in [-0.1, -0.05) is 0 Å². The van der Waals surface area contributed by atoms with Crippen LogP contribution in [0.4, 0.5) is 0 Å². The van der Waals surface area contributed by atoms with Gasteiger partial charge in [0.25, 0.3) is 0 Å². The summed E-state index contributed by atoms with van der Waals surface area (Å²) in [7, 11) is -4.64. The second kappa shape index (κ2) is 5.47. The SMILES string of the molecule is N.O=P(O)(O)O.[Ca]. The third-order valence-corrected chi connectivity index (χ3v) is 0. The summed E-state index contributed by atoms with van der Waals surface area (Å²) in [4.78, 5) is 21.6. The van der Waals surface area contributed by atoms with Crippen molar-refractivity contribution in [2.24, 2.45) is 0 Å². The minimum atomic E-state index is -4.64. The fourth-order valence-electron chi connectivity index (χ4n) is 0. The molecule has 0 saturated heterocycles. The molecule has 0 rings (SSSR count). The molecule has 0 amide bonds. The molecule has 0 bridgehead atoms. The summed E-state index contributed by atoms with van der Waals surface area (Å²) in [6.07, 6.45) is 0. The summed E-state index contributed by atoms with van der Waals surface area (Å²) < 4.78 is 8.88. The molecule has 0 atom stereocenters. The van der Waals surface area contributed by atoms with Crippen LogP contribution >= 0.6 is 7.82 Å². The quantitative estimate of drug-likeness (QED) is 0.260. The van der Waals surface area contributed by atoms with Crippen LogP contribution in [0, 0.1) is 0 Å². The van der Waals surface area contributed by atoms with E-state index >= 15 is 0 Å². The molecule has 0 fully saturated rings. The van der Waals surface area contributed by atoms with Crippen LogP contribution in [0.5, 0.6) is 0 Å². The Labute approximate surface area is 70.6 Å². The van der Waals surface area contributed by atoms with Gasteiger partial charge in [0.1, 0.15) is 0 Å². The molecule has 6 N–H and O–H groups in total. The first-order chi connectivity index (χ1) is 2.00. The van der Waals surface area contributed by atoms with Crippen LogP contribution in [0.1, 0.15) is 0 Å². The Morgan fingerprint density at radius 3 is 1.14 bits per heavy atom. The predicted molar refractivity (Wildman–Crippen MR) is 25.0 cm³/mol. The van der Waals surface area contributed by atoms with E-state index in [9.17, 15) is 0 Å². The maximum absolute atomic E-state index is 8.88. The molecule has 0 aromatic carbocycles. The van der Waals surface area contributed by atoms with Crippen LogP contribution in [-0.2, 0) is 4.57 Å². The van der Waals surface area contributed by atoms with Crippen molar-refractivity contribution in [2.45, 2.75) is 0 Å². The van der Waals surface area contributed by atoms with E-state index in [4.69, 9.17) is 19.2 Å². The van der Waals surface area contributed by atoms with Crippen LogP contribution in [0.15, 0.2) is 0 Å². The zero-order chi connectivity index (χ0) is 4.50. The monoisotopic (exact) mass is 155 g/mol. The van der Waals surface area contributed by atoms with Crippen molar-refractivity contribution in [2.75, 3.05) is 0 Å². The van der Waals surface area contributed by atoms with Gasteiger partial charge in [0.05, 0.1) is 0 Å². The van der Waals surface area contributed by atoms with Crippen molar-refractivity contribution < 1.29 is 19.2 Å². The Hall–Kier alpha value is 1.33. The van der Waals surface area contributed by atoms with E-state index in [1.165, 1.54) is 0 Å². The van der Waals surface area contributed by atoms with E-state index in [1.54, 1.807) is 0 Å². The van der Waals surface area contributed by atoms with Crippen molar-refractivity contribution in [1.82, 2.24) is 6.15 Å².